The molecule has 0 radical (unpaired) electrons. The van der Waals surface area contributed by atoms with Crippen molar-refractivity contribution in [1.29, 1.82) is 0 Å². The fourth-order valence-corrected chi connectivity index (χ4v) is 4.31. The smallest absolute Gasteiger partial charge is 0.243 e. The Morgan fingerprint density at radius 1 is 0.795 bits per heavy atom. The second-order valence-corrected chi connectivity index (χ2v) is 10.4. The highest BCUT2D eigenvalue weighted by atomic mass is 16.2. The number of hydrogen-bond acceptors (Lipinski definition) is 5. The third-order valence-corrected chi connectivity index (χ3v) is 6.47. The van der Waals surface area contributed by atoms with Gasteiger partial charge < -0.3 is 27.4 Å². The summed E-state index contributed by atoms with van der Waals surface area (Å²) in [4.78, 5) is 39.8. The first-order valence-corrected chi connectivity index (χ1v) is 13.8. The Bertz CT molecular complexity index is 1030. The van der Waals surface area contributed by atoms with Gasteiger partial charge in [0, 0.05) is 12.5 Å². The minimum Gasteiger partial charge on any atom is -0.348 e. The van der Waals surface area contributed by atoms with Gasteiger partial charge in [0.2, 0.25) is 17.7 Å². The standard InChI is InChI=1S/C31H45N5O3/c1-4-25(17-11-12-18-32)34-30(38)27(19-22(2)3)36-31(39)28(21-24-15-9-6-10-16-24)35-29(37)26(33)20-23-13-7-5-8-14-23/h4-10,13-16,22,25-28H,1,11-12,17-21,32-33H2,2-3H3,(H,34,38)(H,35,37)(H,36,39). The van der Waals surface area contributed by atoms with E-state index in [9.17, 15) is 14.4 Å². The van der Waals surface area contributed by atoms with Gasteiger partial charge in [-0.15, -0.1) is 6.58 Å². The monoisotopic (exact) mass is 535 g/mol. The van der Waals surface area contributed by atoms with Crippen molar-refractivity contribution in [3.8, 4) is 0 Å². The van der Waals surface area contributed by atoms with Crippen LogP contribution < -0.4 is 27.4 Å². The number of amides is 3. The van der Waals surface area contributed by atoms with Gasteiger partial charge in [-0.05, 0) is 55.7 Å². The number of unbranched alkanes of at least 4 members (excludes halogenated alkanes) is 1. The molecule has 0 spiro atoms. The molecular formula is C31H45N5O3. The Morgan fingerprint density at radius 2 is 1.33 bits per heavy atom. The Hall–Kier alpha value is -3.49. The average molecular weight is 536 g/mol. The van der Waals surface area contributed by atoms with Crippen LogP contribution in [0.15, 0.2) is 73.3 Å². The van der Waals surface area contributed by atoms with Crippen molar-refractivity contribution in [2.75, 3.05) is 6.54 Å². The first-order chi connectivity index (χ1) is 18.7. The molecule has 0 aliphatic carbocycles. The van der Waals surface area contributed by atoms with Crippen LogP contribution in [-0.2, 0) is 27.2 Å². The lowest BCUT2D eigenvalue weighted by Gasteiger charge is -2.26. The van der Waals surface area contributed by atoms with Gasteiger partial charge in [0.1, 0.15) is 12.1 Å². The highest BCUT2D eigenvalue weighted by Gasteiger charge is 2.29. The first kappa shape index (κ1) is 31.7. The van der Waals surface area contributed by atoms with Gasteiger partial charge in [-0.1, -0.05) is 80.6 Å². The molecule has 4 atom stereocenters. The van der Waals surface area contributed by atoms with Crippen LogP contribution in [0.2, 0.25) is 0 Å². The van der Waals surface area contributed by atoms with E-state index in [1.165, 1.54) is 0 Å². The largest absolute Gasteiger partial charge is 0.348 e. The summed E-state index contributed by atoms with van der Waals surface area (Å²) in [5.41, 5.74) is 13.6. The normalized spacial score (nSPS) is 14.1. The van der Waals surface area contributed by atoms with Crippen molar-refractivity contribution in [2.45, 2.75) is 76.5 Å². The van der Waals surface area contributed by atoms with E-state index in [1.54, 1.807) is 6.08 Å². The van der Waals surface area contributed by atoms with Gasteiger partial charge in [-0.25, -0.2) is 0 Å². The number of carbonyl (C=O) groups excluding carboxylic acids is 3. The van der Waals surface area contributed by atoms with Crippen LogP contribution in [0.1, 0.15) is 50.7 Å². The molecule has 0 bridgehead atoms. The molecule has 2 rings (SSSR count). The van der Waals surface area contributed by atoms with Crippen LogP contribution in [0.3, 0.4) is 0 Å². The fraction of sp³-hybridized carbons (Fsp3) is 0.452. The highest BCUT2D eigenvalue weighted by Crippen LogP contribution is 2.10. The van der Waals surface area contributed by atoms with E-state index >= 15 is 0 Å². The Balaban J connectivity index is 2.15. The molecule has 0 aromatic heterocycles. The topological polar surface area (TPSA) is 139 Å². The second kappa shape index (κ2) is 17.2. The summed E-state index contributed by atoms with van der Waals surface area (Å²) < 4.78 is 0. The molecule has 7 N–H and O–H groups in total. The number of carbonyl (C=O) groups is 3. The van der Waals surface area contributed by atoms with E-state index in [4.69, 9.17) is 11.5 Å². The Labute approximate surface area is 233 Å². The molecule has 0 aliphatic rings. The minimum absolute atomic E-state index is 0.155. The van der Waals surface area contributed by atoms with Crippen molar-refractivity contribution in [2.24, 2.45) is 17.4 Å². The zero-order valence-corrected chi connectivity index (χ0v) is 23.3. The summed E-state index contributed by atoms with van der Waals surface area (Å²) in [6.07, 6.45) is 5.21. The molecule has 0 aliphatic heterocycles. The third-order valence-electron chi connectivity index (χ3n) is 6.47. The van der Waals surface area contributed by atoms with Crippen molar-refractivity contribution in [3.05, 3.63) is 84.4 Å². The molecule has 2 aromatic rings. The van der Waals surface area contributed by atoms with E-state index in [0.29, 0.717) is 19.4 Å². The number of hydrogen-bond donors (Lipinski definition) is 5. The maximum atomic E-state index is 13.5. The molecule has 0 saturated heterocycles. The molecule has 0 heterocycles. The lowest BCUT2D eigenvalue weighted by Crippen LogP contribution is -2.57. The molecule has 4 unspecified atom stereocenters. The summed E-state index contributed by atoms with van der Waals surface area (Å²) in [6.45, 7) is 8.41. The zero-order chi connectivity index (χ0) is 28.6. The minimum atomic E-state index is -0.899. The van der Waals surface area contributed by atoms with E-state index in [0.717, 1.165) is 30.4 Å². The van der Waals surface area contributed by atoms with Crippen LogP contribution in [0.4, 0.5) is 0 Å². The zero-order valence-electron chi connectivity index (χ0n) is 23.3. The van der Waals surface area contributed by atoms with E-state index in [-0.39, 0.29) is 24.3 Å². The van der Waals surface area contributed by atoms with Crippen molar-refractivity contribution in [1.82, 2.24) is 16.0 Å². The van der Waals surface area contributed by atoms with Crippen molar-refractivity contribution in [3.63, 3.8) is 0 Å². The van der Waals surface area contributed by atoms with Crippen LogP contribution in [0.5, 0.6) is 0 Å². The molecule has 8 heteroatoms. The maximum Gasteiger partial charge on any atom is 0.243 e. The third kappa shape index (κ3) is 11.8. The van der Waals surface area contributed by atoms with Crippen LogP contribution in [0, 0.1) is 5.92 Å². The number of benzene rings is 2. The quantitative estimate of drug-likeness (QED) is 0.157. The SMILES string of the molecule is C=CC(CCCCN)NC(=O)C(CC(C)C)NC(=O)C(Cc1ccccc1)NC(=O)C(N)Cc1ccccc1. The summed E-state index contributed by atoms with van der Waals surface area (Å²) in [6, 6.07) is 16.2. The maximum absolute atomic E-state index is 13.5. The highest BCUT2D eigenvalue weighted by molar-refractivity contribution is 5.93. The molecule has 39 heavy (non-hydrogen) atoms. The van der Waals surface area contributed by atoms with Gasteiger partial charge in [-0.3, -0.25) is 14.4 Å². The predicted molar refractivity (Wildman–Crippen MR) is 157 cm³/mol. The van der Waals surface area contributed by atoms with E-state index in [2.05, 4.69) is 22.5 Å². The lowest BCUT2D eigenvalue weighted by molar-refractivity contribution is -0.132. The summed E-state index contributed by atoms with van der Waals surface area (Å²) >= 11 is 0. The van der Waals surface area contributed by atoms with Gasteiger partial charge >= 0.3 is 0 Å². The van der Waals surface area contributed by atoms with Crippen LogP contribution in [0.25, 0.3) is 0 Å². The molecule has 212 valence electrons. The molecular weight excluding hydrogens is 490 g/mol. The molecule has 0 fully saturated rings. The summed E-state index contributed by atoms with van der Waals surface area (Å²) in [7, 11) is 0. The number of nitrogens with one attached hydrogen (secondary N) is 3. The molecule has 2 aromatic carbocycles. The Morgan fingerprint density at radius 3 is 1.87 bits per heavy atom. The summed E-state index contributed by atoms with van der Waals surface area (Å²) in [5.74, 6) is -0.980. The number of rotatable bonds is 17. The molecule has 0 saturated carbocycles. The lowest BCUT2D eigenvalue weighted by atomic mass is 10.00. The average Bonchev–Trinajstić information content (AvgIpc) is 2.92. The molecule has 3 amide bonds. The van der Waals surface area contributed by atoms with Gasteiger partial charge in [0.25, 0.3) is 0 Å². The summed E-state index contributed by atoms with van der Waals surface area (Å²) in [5, 5.41) is 8.72. The van der Waals surface area contributed by atoms with Crippen molar-refractivity contribution < 1.29 is 14.4 Å². The van der Waals surface area contributed by atoms with Gasteiger partial charge in [0.15, 0.2) is 0 Å². The van der Waals surface area contributed by atoms with Crippen LogP contribution >= 0.6 is 0 Å². The van der Waals surface area contributed by atoms with Gasteiger partial charge in [0.05, 0.1) is 6.04 Å². The fourth-order valence-electron chi connectivity index (χ4n) is 4.31. The number of nitrogens with two attached hydrogens (primary N) is 2. The van der Waals surface area contributed by atoms with Crippen molar-refractivity contribution >= 4 is 17.7 Å². The predicted octanol–water partition coefficient (Wildman–Crippen LogP) is 2.61. The van der Waals surface area contributed by atoms with Gasteiger partial charge in [-0.2, -0.15) is 0 Å². The molecule has 8 nitrogen and oxygen atoms in total. The van der Waals surface area contributed by atoms with E-state index < -0.39 is 29.9 Å². The Kier molecular flexibility index (Phi) is 14.0. The second-order valence-electron chi connectivity index (χ2n) is 10.4. The van der Waals surface area contributed by atoms with Crippen LogP contribution in [-0.4, -0.2) is 48.4 Å². The van der Waals surface area contributed by atoms with E-state index in [1.807, 2.05) is 74.5 Å². The first-order valence-electron chi connectivity index (χ1n) is 13.8.